The largest absolute Gasteiger partial charge is 0.456 e. The van der Waals surface area contributed by atoms with Crippen molar-refractivity contribution in [3.8, 4) is 45.0 Å². The van der Waals surface area contributed by atoms with Gasteiger partial charge in [-0.3, -0.25) is 0 Å². The van der Waals surface area contributed by atoms with Crippen molar-refractivity contribution in [3.05, 3.63) is 151 Å². The lowest BCUT2D eigenvalue weighted by molar-refractivity contribution is 0.669. The highest BCUT2D eigenvalue weighted by Crippen LogP contribution is 2.35. The van der Waals surface area contributed by atoms with Gasteiger partial charge >= 0.3 is 0 Å². The summed E-state index contributed by atoms with van der Waals surface area (Å²) in [5, 5.41) is 7.08. The van der Waals surface area contributed by atoms with Crippen molar-refractivity contribution in [3.63, 3.8) is 0 Å². The minimum atomic E-state index is 0.148. The first kappa shape index (κ1) is 26.6. The van der Waals surface area contributed by atoms with Gasteiger partial charge in [-0.05, 0) is 97.9 Å². The van der Waals surface area contributed by atoms with E-state index in [9.17, 15) is 0 Å². The molecule has 2 aromatic heterocycles. The summed E-state index contributed by atoms with van der Waals surface area (Å²) in [6, 6.07) is 50.5. The Labute approximate surface area is 269 Å². The molecule has 0 unspecified atom stereocenters. The molecule has 0 aliphatic rings. The van der Waals surface area contributed by atoms with Crippen LogP contribution in [-0.4, -0.2) is 15.0 Å². The van der Waals surface area contributed by atoms with Gasteiger partial charge in [0.05, 0.1) is 0 Å². The second-order valence-electron chi connectivity index (χ2n) is 11.4. The fourth-order valence-corrected chi connectivity index (χ4v) is 6.54. The first-order valence-corrected chi connectivity index (χ1v) is 15.5. The third-order valence-electron chi connectivity index (χ3n) is 8.64. The average Bonchev–Trinajstić information content (AvgIpc) is 3.49. The number of para-hydroxylation sites is 1. The Kier molecular flexibility index (Phi) is 6.15. The molecule has 0 saturated heterocycles. The van der Waals surface area contributed by atoms with E-state index in [0.29, 0.717) is 11.6 Å². The van der Waals surface area contributed by atoms with Gasteiger partial charge in [0.25, 0.3) is 0 Å². The van der Waals surface area contributed by atoms with Crippen molar-refractivity contribution in [2.45, 2.75) is 0 Å². The number of fused-ring (bicyclic) bond motifs is 5. The molecule has 0 radical (unpaired) electrons. The number of benzene rings is 7. The van der Waals surface area contributed by atoms with E-state index in [1.54, 1.807) is 0 Å². The molecule has 5 heteroatoms. The zero-order valence-electron chi connectivity index (χ0n) is 24.5. The molecule has 0 aliphatic heterocycles. The Hall–Kier alpha value is -5.84. The second-order valence-corrected chi connectivity index (χ2v) is 11.8. The highest BCUT2D eigenvalue weighted by Gasteiger charge is 2.14. The number of rotatable bonds is 4. The van der Waals surface area contributed by atoms with Crippen molar-refractivity contribution < 1.29 is 4.42 Å². The molecule has 7 aromatic carbocycles. The summed E-state index contributed by atoms with van der Waals surface area (Å²) >= 11 is 6.48. The Bertz CT molecular complexity index is 2620. The second kappa shape index (κ2) is 10.7. The van der Waals surface area contributed by atoms with E-state index in [1.165, 1.54) is 32.7 Å². The smallest absolute Gasteiger partial charge is 0.226 e. The molecule has 46 heavy (non-hydrogen) atoms. The summed E-state index contributed by atoms with van der Waals surface area (Å²) in [6.45, 7) is 0. The predicted molar refractivity (Wildman–Crippen MR) is 189 cm³/mol. The van der Waals surface area contributed by atoms with Crippen molar-refractivity contribution in [2.75, 3.05) is 0 Å². The molecular formula is C41H24ClN3O. The zero-order chi connectivity index (χ0) is 30.6. The van der Waals surface area contributed by atoms with Gasteiger partial charge in [-0.1, -0.05) is 103 Å². The molecule has 4 nitrogen and oxygen atoms in total. The van der Waals surface area contributed by atoms with Crippen molar-refractivity contribution in [1.29, 1.82) is 0 Å². The maximum atomic E-state index is 6.48. The van der Waals surface area contributed by atoms with Crippen LogP contribution in [-0.2, 0) is 0 Å². The Morgan fingerprint density at radius 1 is 0.391 bits per heavy atom. The summed E-state index contributed by atoms with van der Waals surface area (Å²) in [5.41, 5.74) is 7.99. The highest BCUT2D eigenvalue weighted by molar-refractivity contribution is 6.28. The van der Waals surface area contributed by atoms with Crippen LogP contribution >= 0.6 is 11.6 Å². The molecule has 2 heterocycles. The monoisotopic (exact) mass is 609 g/mol. The summed E-state index contributed by atoms with van der Waals surface area (Å²) < 4.78 is 6.01. The van der Waals surface area contributed by atoms with E-state index in [4.69, 9.17) is 21.0 Å². The molecule has 0 N–H and O–H groups in total. The van der Waals surface area contributed by atoms with Crippen LogP contribution in [0.3, 0.4) is 0 Å². The van der Waals surface area contributed by atoms with E-state index in [2.05, 4.69) is 107 Å². The van der Waals surface area contributed by atoms with Crippen LogP contribution in [0, 0.1) is 0 Å². The van der Waals surface area contributed by atoms with Gasteiger partial charge in [-0.15, -0.1) is 0 Å². The minimum Gasteiger partial charge on any atom is -0.456 e. The number of furan rings is 1. The fraction of sp³-hybridized carbons (Fsp3) is 0. The van der Waals surface area contributed by atoms with E-state index < -0.39 is 0 Å². The number of nitrogens with zero attached hydrogens (tertiary/aromatic N) is 3. The van der Waals surface area contributed by atoms with Crippen molar-refractivity contribution in [2.24, 2.45) is 0 Å². The number of aromatic nitrogens is 3. The first-order chi connectivity index (χ1) is 22.7. The Balaban J connectivity index is 1.08. The number of hydrogen-bond donors (Lipinski definition) is 0. The third kappa shape index (κ3) is 4.59. The van der Waals surface area contributed by atoms with Crippen LogP contribution in [0.1, 0.15) is 0 Å². The quantitative estimate of drug-likeness (QED) is 0.199. The lowest BCUT2D eigenvalue weighted by atomic mass is 9.94. The van der Waals surface area contributed by atoms with Gasteiger partial charge in [0.2, 0.25) is 5.28 Å². The van der Waals surface area contributed by atoms with Gasteiger partial charge < -0.3 is 4.42 Å². The molecule has 216 valence electrons. The summed E-state index contributed by atoms with van der Waals surface area (Å²) in [7, 11) is 0. The van der Waals surface area contributed by atoms with Crippen LogP contribution in [0.15, 0.2) is 150 Å². The lowest BCUT2D eigenvalue weighted by Crippen LogP contribution is -1.97. The molecule has 0 saturated carbocycles. The van der Waals surface area contributed by atoms with Crippen LogP contribution in [0.2, 0.25) is 5.28 Å². The van der Waals surface area contributed by atoms with Gasteiger partial charge in [0.15, 0.2) is 11.6 Å². The van der Waals surface area contributed by atoms with E-state index >= 15 is 0 Å². The van der Waals surface area contributed by atoms with Gasteiger partial charge in [-0.2, -0.15) is 9.97 Å². The van der Waals surface area contributed by atoms with E-state index in [0.717, 1.165) is 44.2 Å². The molecule has 0 fully saturated rings. The number of halogens is 1. The average molecular weight is 610 g/mol. The first-order valence-electron chi connectivity index (χ1n) is 15.1. The SMILES string of the molecule is Clc1nc(-c2cccc(-c3ccc4c(-c5ccc6ccccc6c5)cccc4c3)c2)nc(-c2ccc3oc4ccccc4c3c2)n1. The van der Waals surface area contributed by atoms with Gasteiger partial charge in [-0.25, -0.2) is 4.98 Å². The lowest BCUT2D eigenvalue weighted by Gasteiger charge is -2.11. The molecule has 9 rings (SSSR count). The molecule has 9 aromatic rings. The molecular weight excluding hydrogens is 586 g/mol. The van der Waals surface area contributed by atoms with Gasteiger partial charge in [0.1, 0.15) is 11.2 Å². The fourth-order valence-electron chi connectivity index (χ4n) is 6.38. The van der Waals surface area contributed by atoms with Crippen LogP contribution in [0.5, 0.6) is 0 Å². The maximum Gasteiger partial charge on any atom is 0.226 e. The molecule has 0 atom stereocenters. The Morgan fingerprint density at radius 2 is 1.04 bits per heavy atom. The van der Waals surface area contributed by atoms with Crippen molar-refractivity contribution in [1.82, 2.24) is 15.0 Å². The Morgan fingerprint density at radius 3 is 1.96 bits per heavy atom. The zero-order valence-corrected chi connectivity index (χ0v) is 25.2. The van der Waals surface area contributed by atoms with Crippen LogP contribution in [0.25, 0.3) is 88.5 Å². The van der Waals surface area contributed by atoms with Crippen molar-refractivity contribution >= 4 is 55.1 Å². The van der Waals surface area contributed by atoms with E-state index in [1.807, 2.05) is 48.5 Å². The summed E-state index contributed by atoms with van der Waals surface area (Å²) in [4.78, 5) is 13.8. The normalized spacial score (nSPS) is 11.6. The molecule has 0 aliphatic carbocycles. The minimum absolute atomic E-state index is 0.148. The third-order valence-corrected chi connectivity index (χ3v) is 8.81. The topological polar surface area (TPSA) is 51.8 Å². The van der Waals surface area contributed by atoms with Gasteiger partial charge in [0, 0.05) is 21.9 Å². The molecule has 0 spiro atoms. The molecule has 0 amide bonds. The maximum absolute atomic E-state index is 6.48. The van der Waals surface area contributed by atoms with Crippen LogP contribution < -0.4 is 0 Å². The summed E-state index contributed by atoms with van der Waals surface area (Å²) in [6.07, 6.45) is 0. The molecule has 0 bridgehead atoms. The predicted octanol–water partition coefficient (Wildman–Crippen LogP) is 11.4. The standard InChI is InChI=1S/C41H24ClN3O/c42-41-44-39(43-40(45-41)32-18-20-38-36(24-32)35-12-3-4-14-37(35)46-38)31-11-5-9-27(23-31)28-17-19-34-29(22-28)10-6-13-33(34)30-16-15-25-7-1-2-8-26(25)21-30/h1-24H. The highest BCUT2D eigenvalue weighted by atomic mass is 35.5. The van der Waals surface area contributed by atoms with E-state index in [-0.39, 0.29) is 5.28 Å². The van der Waals surface area contributed by atoms with Crippen LogP contribution in [0.4, 0.5) is 0 Å². The summed E-state index contributed by atoms with van der Waals surface area (Å²) in [5.74, 6) is 1.04. The number of hydrogen-bond acceptors (Lipinski definition) is 4.